The summed E-state index contributed by atoms with van der Waals surface area (Å²) in [6, 6.07) is 0. The molecular formula is C16H31N. The van der Waals surface area contributed by atoms with Gasteiger partial charge >= 0.3 is 0 Å². The van der Waals surface area contributed by atoms with Gasteiger partial charge in [0.1, 0.15) is 0 Å². The Balaban J connectivity index is 2.20. The van der Waals surface area contributed by atoms with Crippen LogP contribution in [0.15, 0.2) is 0 Å². The first-order chi connectivity index (χ1) is 7.71. The van der Waals surface area contributed by atoms with Gasteiger partial charge in [-0.15, -0.1) is 0 Å². The van der Waals surface area contributed by atoms with Crippen LogP contribution in [-0.4, -0.2) is 22.5 Å². The van der Waals surface area contributed by atoms with Crippen LogP contribution in [0.2, 0.25) is 0 Å². The highest BCUT2D eigenvalue weighted by Gasteiger charge is 2.87. The monoisotopic (exact) mass is 237 g/mol. The van der Waals surface area contributed by atoms with Gasteiger partial charge in [-0.1, -0.05) is 47.5 Å². The summed E-state index contributed by atoms with van der Waals surface area (Å²) in [6.45, 7) is 18.4. The van der Waals surface area contributed by atoms with Gasteiger partial charge in [-0.05, 0) is 32.1 Å². The Bertz CT molecular complexity index is 302. The molecule has 2 unspecified atom stereocenters. The Morgan fingerprint density at radius 2 is 1.47 bits per heavy atom. The van der Waals surface area contributed by atoms with E-state index in [-0.39, 0.29) is 0 Å². The van der Waals surface area contributed by atoms with E-state index in [2.05, 4.69) is 53.4 Å². The number of likely N-dealkylation sites (tertiary alicyclic amines) is 1. The Labute approximate surface area is 108 Å². The quantitative estimate of drug-likeness (QED) is 0.682. The van der Waals surface area contributed by atoms with Crippen LogP contribution in [0.1, 0.15) is 74.1 Å². The second kappa shape index (κ2) is 3.50. The first-order valence-corrected chi connectivity index (χ1v) is 7.49. The molecule has 1 heteroatoms. The molecule has 1 heterocycles. The molecule has 1 aliphatic carbocycles. The summed E-state index contributed by atoms with van der Waals surface area (Å²) in [5, 5.41) is 0. The van der Waals surface area contributed by atoms with Crippen LogP contribution in [0.25, 0.3) is 0 Å². The molecule has 17 heavy (non-hydrogen) atoms. The van der Waals surface area contributed by atoms with Crippen LogP contribution in [0.3, 0.4) is 0 Å². The Hall–Kier alpha value is -0.0400. The van der Waals surface area contributed by atoms with E-state index >= 15 is 0 Å². The van der Waals surface area contributed by atoms with E-state index in [0.717, 1.165) is 0 Å². The van der Waals surface area contributed by atoms with E-state index < -0.39 is 0 Å². The summed E-state index contributed by atoms with van der Waals surface area (Å²) in [4.78, 5) is 2.84. The Morgan fingerprint density at radius 1 is 1.00 bits per heavy atom. The molecule has 2 rings (SSSR count). The smallest absolute Gasteiger partial charge is 0.0315 e. The van der Waals surface area contributed by atoms with Gasteiger partial charge in [0.25, 0.3) is 0 Å². The van der Waals surface area contributed by atoms with E-state index in [1.54, 1.807) is 0 Å². The highest BCUT2D eigenvalue weighted by molar-refractivity contribution is 5.39. The topological polar surface area (TPSA) is 3.24 Å². The number of rotatable bonds is 5. The largest absolute Gasteiger partial charge is 0.291 e. The van der Waals surface area contributed by atoms with Crippen LogP contribution in [0, 0.1) is 10.8 Å². The molecule has 2 fully saturated rings. The predicted molar refractivity (Wildman–Crippen MR) is 75.2 cm³/mol. The average Bonchev–Trinajstić information content (AvgIpc) is 2.46. The highest BCUT2D eigenvalue weighted by Crippen LogP contribution is 2.82. The van der Waals surface area contributed by atoms with Crippen LogP contribution in [-0.2, 0) is 0 Å². The van der Waals surface area contributed by atoms with Crippen LogP contribution >= 0.6 is 0 Å². The van der Waals surface area contributed by atoms with E-state index in [4.69, 9.17) is 0 Å². The lowest BCUT2D eigenvalue weighted by atomic mass is 9.80. The van der Waals surface area contributed by atoms with E-state index in [1.807, 2.05) is 0 Å². The van der Waals surface area contributed by atoms with E-state index in [0.29, 0.717) is 21.9 Å². The van der Waals surface area contributed by atoms with Gasteiger partial charge in [-0.2, -0.15) is 0 Å². The standard InChI is InChI=1S/C16H31N/c1-8-10-14(5,11-9-2)17-12-15(6)13(3,4)16(15,17)7/h8-12H2,1-7H3. The average molecular weight is 237 g/mol. The van der Waals surface area contributed by atoms with Gasteiger partial charge in [0.2, 0.25) is 0 Å². The van der Waals surface area contributed by atoms with Gasteiger partial charge in [0.05, 0.1) is 0 Å². The van der Waals surface area contributed by atoms with E-state index in [1.165, 1.54) is 32.2 Å². The summed E-state index contributed by atoms with van der Waals surface area (Å²) in [5.41, 5.74) is 1.97. The zero-order chi connectivity index (χ0) is 13.1. The second-order valence-corrected chi connectivity index (χ2v) is 7.61. The first kappa shape index (κ1) is 13.4. The van der Waals surface area contributed by atoms with Crippen molar-refractivity contribution in [2.75, 3.05) is 6.54 Å². The molecule has 1 saturated carbocycles. The third kappa shape index (κ3) is 1.25. The van der Waals surface area contributed by atoms with Crippen molar-refractivity contribution in [1.82, 2.24) is 4.90 Å². The van der Waals surface area contributed by atoms with Crippen molar-refractivity contribution in [3.05, 3.63) is 0 Å². The predicted octanol–water partition coefficient (Wildman–Crippen LogP) is 4.47. The number of hydrogen-bond acceptors (Lipinski definition) is 1. The summed E-state index contributed by atoms with van der Waals surface area (Å²) in [6.07, 6.45) is 5.31. The molecule has 0 amide bonds. The van der Waals surface area contributed by atoms with Gasteiger partial charge < -0.3 is 0 Å². The maximum atomic E-state index is 2.84. The summed E-state index contributed by atoms with van der Waals surface area (Å²) >= 11 is 0. The second-order valence-electron chi connectivity index (χ2n) is 7.61. The summed E-state index contributed by atoms with van der Waals surface area (Å²) < 4.78 is 0. The number of fused-ring (bicyclic) bond motifs is 1. The lowest BCUT2D eigenvalue weighted by molar-refractivity contribution is -0.0640. The minimum absolute atomic E-state index is 0.436. The molecule has 0 aromatic rings. The molecule has 0 spiro atoms. The minimum Gasteiger partial charge on any atom is -0.291 e. The molecule has 0 bridgehead atoms. The number of nitrogens with zero attached hydrogens (tertiary/aromatic N) is 1. The Morgan fingerprint density at radius 3 is 1.71 bits per heavy atom. The summed E-state index contributed by atoms with van der Waals surface area (Å²) in [5.74, 6) is 0. The van der Waals surface area contributed by atoms with Gasteiger partial charge in [-0.25, -0.2) is 0 Å². The van der Waals surface area contributed by atoms with Crippen LogP contribution in [0.5, 0.6) is 0 Å². The lowest BCUT2D eigenvalue weighted by Gasteiger charge is -2.55. The van der Waals surface area contributed by atoms with E-state index in [9.17, 15) is 0 Å². The third-order valence-electron chi connectivity index (χ3n) is 6.85. The Kier molecular flexibility index (Phi) is 2.75. The fourth-order valence-electron chi connectivity index (χ4n) is 4.99. The van der Waals surface area contributed by atoms with Gasteiger partial charge in [-0.3, -0.25) is 4.90 Å². The van der Waals surface area contributed by atoms with Crippen molar-refractivity contribution >= 4 is 0 Å². The highest BCUT2D eigenvalue weighted by atomic mass is 15.4. The molecule has 2 aliphatic rings. The number of hydrogen-bond donors (Lipinski definition) is 0. The SMILES string of the molecule is CCCC(C)(CCC)N1CC2(C)C(C)(C)C12C. The summed E-state index contributed by atoms with van der Waals surface area (Å²) in [7, 11) is 0. The fourth-order valence-corrected chi connectivity index (χ4v) is 4.99. The van der Waals surface area contributed by atoms with Crippen LogP contribution < -0.4 is 0 Å². The lowest BCUT2D eigenvalue weighted by Crippen LogP contribution is -2.63. The molecule has 100 valence electrons. The zero-order valence-corrected chi connectivity index (χ0v) is 13.0. The van der Waals surface area contributed by atoms with Crippen molar-refractivity contribution in [1.29, 1.82) is 0 Å². The van der Waals surface area contributed by atoms with Crippen molar-refractivity contribution in [2.24, 2.45) is 10.8 Å². The maximum absolute atomic E-state index is 2.84. The van der Waals surface area contributed by atoms with Crippen molar-refractivity contribution in [2.45, 2.75) is 85.2 Å². The molecule has 1 nitrogen and oxygen atoms in total. The molecule has 0 aromatic carbocycles. The maximum Gasteiger partial charge on any atom is 0.0315 e. The van der Waals surface area contributed by atoms with Gasteiger partial charge in [0, 0.05) is 23.0 Å². The molecule has 1 aliphatic heterocycles. The van der Waals surface area contributed by atoms with Crippen LogP contribution in [0.4, 0.5) is 0 Å². The van der Waals surface area contributed by atoms with Gasteiger partial charge in [0.15, 0.2) is 0 Å². The first-order valence-electron chi connectivity index (χ1n) is 7.49. The molecular weight excluding hydrogens is 206 g/mol. The normalized spacial score (nSPS) is 39.7. The molecule has 2 atom stereocenters. The third-order valence-corrected chi connectivity index (χ3v) is 6.85. The molecule has 0 N–H and O–H groups in total. The molecule has 0 radical (unpaired) electrons. The van der Waals surface area contributed by atoms with Crippen molar-refractivity contribution in [3.8, 4) is 0 Å². The van der Waals surface area contributed by atoms with Crippen molar-refractivity contribution < 1.29 is 0 Å². The zero-order valence-electron chi connectivity index (χ0n) is 13.0. The molecule has 0 aromatic heterocycles. The van der Waals surface area contributed by atoms with Crippen molar-refractivity contribution in [3.63, 3.8) is 0 Å². The fraction of sp³-hybridized carbons (Fsp3) is 1.00. The molecule has 1 saturated heterocycles. The minimum atomic E-state index is 0.436.